The summed E-state index contributed by atoms with van der Waals surface area (Å²) in [5, 5.41) is 10.6. The Hall–Kier alpha value is -2.53. The molecule has 0 aliphatic rings. The number of phenolic OH excluding ortho intramolecular Hbond substituents is 1. The van der Waals surface area contributed by atoms with E-state index in [1.54, 1.807) is 24.4 Å². The van der Waals surface area contributed by atoms with Gasteiger partial charge < -0.3 is 15.3 Å². The van der Waals surface area contributed by atoms with Crippen molar-refractivity contribution in [3.63, 3.8) is 0 Å². The highest BCUT2D eigenvalue weighted by atomic mass is 35.5. The summed E-state index contributed by atoms with van der Waals surface area (Å²) in [6, 6.07) is 6.41. The summed E-state index contributed by atoms with van der Waals surface area (Å²) in [4.78, 5) is 16.1. The van der Waals surface area contributed by atoms with Crippen LogP contribution in [-0.2, 0) is 6.42 Å². The van der Waals surface area contributed by atoms with E-state index in [4.69, 9.17) is 21.8 Å². The van der Waals surface area contributed by atoms with Crippen LogP contribution in [0, 0.1) is 6.92 Å². The predicted octanol–water partition coefficient (Wildman–Crippen LogP) is 3.03. The lowest BCUT2D eigenvalue weighted by molar-refractivity contribution is 0.472. The molecule has 2 heterocycles. The van der Waals surface area contributed by atoms with Crippen LogP contribution in [0.5, 0.6) is 5.75 Å². The summed E-state index contributed by atoms with van der Waals surface area (Å²) in [6.07, 6.45) is 1.85. The molecule has 0 spiro atoms. The van der Waals surface area contributed by atoms with E-state index in [0.29, 0.717) is 28.2 Å². The van der Waals surface area contributed by atoms with Crippen LogP contribution in [0.15, 0.2) is 39.7 Å². The van der Waals surface area contributed by atoms with Crippen molar-refractivity contribution in [2.45, 2.75) is 13.3 Å². The Morgan fingerprint density at radius 3 is 2.91 bits per heavy atom. The topological polar surface area (TPSA) is 89.4 Å². The van der Waals surface area contributed by atoms with Crippen molar-refractivity contribution in [1.82, 2.24) is 4.98 Å². The fourth-order valence-corrected chi connectivity index (χ4v) is 2.59. The number of benzene rings is 1. The van der Waals surface area contributed by atoms with Gasteiger partial charge in [-0.25, -0.2) is 9.78 Å². The van der Waals surface area contributed by atoms with Crippen LogP contribution < -0.4 is 11.4 Å². The number of anilines is 1. The van der Waals surface area contributed by atoms with E-state index in [0.717, 1.165) is 10.9 Å². The molecule has 0 unspecified atom stereocenters. The minimum absolute atomic E-state index is 0.0488. The van der Waals surface area contributed by atoms with E-state index < -0.39 is 5.63 Å². The highest BCUT2D eigenvalue weighted by Gasteiger charge is 2.14. The van der Waals surface area contributed by atoms with Gasteiger partial charge in [-0.2, -0.15) is 0 Å². The van der Waals surface area contributed by atoms with Crippen molar-refractivity contribution in [2.24, 2.45) is 0 Å². The molecule has 22 heavy (non-hydrogen) atoms. The van der Waals surface area contributed by atoms with E-state index in [9.17, 15) is 9.90 Å². The molecule has 3 rings (SSSR count). The van der Waals surface area contributed by atoms with Gasteiger partial charge in [0.1, 0.15) is 17.2 Å². The number of fused-ring (bicyclic) bond motifs is 1. The summed E-state index contributed by atoms with van der Waals surface area (Å²) in [5.41, 5.74) is 7.59. The number of phenols is 1. The SMILES string of the molecule is Cc1c(Cc2ccnc(N)c2Cl)c(=O)oc2cc(O)ccc12. The minimum atomic E-state index is -0.456. The molecule has 3 aromatic rings. The molecule has 0 amide bonds. The standard InChI is InChI=1S/C16H13ClN2O3/c1-8-11-3-2-10(20)7-13(11)22-16(21)12(8)6-9-4-5-19-15(18)14(9)17/h2-5,7,20H,6H2,1H3,(H2,18,19). The van der Waals surface area contributed by atoms with E-state index in [-0.39, 0.29) is 11.6 Å². The van der Waals surface area contributed by atoms with Crippen molar-refractivity contribution in [1.29, 1.82) is 0 Å². The van der Waals surface area contributed by atoms with Crippen molar-refractivity contribution in [2.75, 3.05) is 5.73 Å². The molecule has 0 saturated carbocycles. The summed E-state index contributed by atoms with van der Waals surface area (Å²) >= 11 is 6.13. The van der Waals surface area contributed by atoms with Crippen LogP contribution in [0.2, 0.25) is 5.02 Å². The molecule has 0 radical (unpaired) electrons. The number of hydrogen-bond donors (Lipinski definition) is 2. The van der Waals surface area contributed by atoms with E-state index in [1.807, 2.05) is 6.92 Å². The molecule has 0 aliphatic heterocycles. The Labute approximate surface area is 131 Å². The summed E-state index contributed by atoms with van der Waals surface area (Å²) in [7, 11) is 0. The molecule has 0 fully saturated rings. The summed E-state index contributed by atoms with van der Waals surface area (Å²) < 4.78 is 5.29. The second kappa shape index (κ2) is 5.35. The number of aromatic hydroxyl groups is 1. The fraction of sp³-hybridized carbons (Fsp3) is 0.125. The average Bonchev–Trinajstić information content (AvgIpc) is 2.47. The first-order valence-corrected chi connectivity index (χ1v) is 6.99. The van der Waals surface area contributed by atoms with Crippen LogP contribution in [0.3, 0.4) is 0 Å². The molecule has 112 valence electrons. The van der Waals surface area contributed by atoms with Crippen molar-refractivity contribution in [3.05, 3.63) is 62.6 Å². The number of aromatic nitrogens is 1. The Bertz CT molecular complexity index is 935. The Kier molecular flexibility index (Phi) is 3.50. The van der Waals surface area contributed by atoms with Gasteiger partial charge in [-0.1, -0.05) is 11.6 Å². The lowest BCUT2D eigenvalue weighted by Crippen LogP contribution is -2.11. The predicted molar refractivity (Wildman–Crippen MR) is 85.4 cm³/mol. The fourth-order valence-electron chi connectivity index (χ4n) is 2.42. The van der Waals surface area contributed by atoms with Gasteiger partial charge in [0.25, 0.3) is 0 Å². The number of nitrogen functional groups attached to an aromatic ring is 1. The second-order valence-electron chi connectivity index (χ2n) is 5.02. The third-order valence-electron chi connectivity index (χ3n) is 3.63. The Morgan fingerprint density at radius 1 is 1.36 bits per heavy atom. The Morgan fingerprint density at radius 2 is 2.14 bits per heavy atom. The number of rotatable bonds is 2. The summed E-state index contributed by atoms with van der Waals surface area (Å²) in [6.45, 7) is 1.84. The maximum atomic E-state index is 12.2. The van der Waals surface area contributed by atoms with Gasteiger partial charge in [0.15, 0.2) is 0 Å². The molecule has 2 aromatic heterocycles. The first-order chi connectivity index (χ1) is 10.5. The third-order valence-corrected chi connectivity index (χ3v) is 4.07. The van der Waals surface area contributed by atoms with Gasteiger partial charge in [0, 0.05) is 29.6 Å². The Balaban J connectivity index is 2.17. The molecule has 1 aromatic carbocycles. The van der Waals surface area contributed by atoms with Gasteiger partial charge in [-0.3, -0.25) is 0 Å². The lowest BCUT2D eigenvalue weighted by atomic mass is 10.00. The second-order valence-corrected chi connectivity index (χ2v) is 5.40. The van der Waals surface area contributed by atoms with E-state index in [2.05, 4.69) is 4.98 Å². The molecule has 6 heteroatoms. The molecular weight excluding hydrogens is 304 g/mol. The highest BCUT2D eigenvalue weighted by molar-refractivity contribution is 6.33. The van der Waals surface area contributed by atoms with Crippen molar-refractivity contribution >= 4 is 28.4 Å². The average molecular weight is 317 g/mol. The molecular formula is C16H13ClN2O3. The first-order valence-electron chi connectivity index (χ1n) is 6.61. The number of aryl methyl sites for hydroxylation is 1. The molecule has 0 atom stereocenters. The van der Waals surface area contributed by atoms with Gasteiger partial charge in [0.05, 0.1) is 5.02 Å². The van der Waals surface area contributed by atoms with E-state index >= 15 is 0 Å². The van der Waals surface area contributed by atoms with Gasteiger partial charge in [-0.05, 0) is 36.2 Å². The molecule has 5 nitrogen and oxygen atoms in total. The van der Waals surface area contributed by atoms with Crippen LogP contribution in [0.25, 0.3) is 11.0 Å². The summed E-state index contributed by atoms with van der Waals surface area (Å²) in [5.74, 6) is 0.277. The van der Waals surface area contributed by atoms with E-state index in [1.165, 1.54) is 6.07 Å². The number of hydrogen-bond acceptors (Lipinski definition) is 5. The molecule has 0 bridgehead atoms. The number of halogens is 1. The van der Waals surface area contributed by atoms with Gasteiger partial charge >= 0.3 is 5.63 Å². The molecule has 0 aliphatic carbocycles. The van der Waals surface area contributed by atoms with Gasteiger partial charge in [0.2, 0.25) is 0 Å². The monoisotopic (exact) mass is 316 g/mol. The quantitative estimate of drug-likeness (QED) is 0.709. The molecule has 0 saturated heterocycles. The van der Waals surface area contributed by atoms with Gasteiger partial charge in [-0.15, -0.1) is 0 Å². The van der Waals surface area contributed by atoms with Crippen molar-refractivity contribution in [3.8, 4) is 5.75 Å². The van der Waals surface area contributed by atoms with Crippen molar-refractivity contribution < 1.29 is 9.52 Å². The first kappa shape index (κ1) is 14.4. The van der Waals surface area contributed by atoms with Crippen LogP contribution in [0.4, 0.5) is 5.82 Å². The van der Waals surface area contributed by atoms with Crippen LogP contribution >= 0.6 is 11.6 Å². The zero-order valence-electron chi connectivity index (χ0n) is 11.8. The largest absolute Gasteiger partial charge is 0.508 e. The highest BCUT2D eigenvalue weighted by Crippen LogP contribution is 2.27. The molecule has 3 N–H and O–H groups in total. The maximum absolute atomic E-state index is 12.2. The zero-order chi connectivity index (χ0) is 15.9. The number of nitrogens with two attached hydrogens (primary N) is 1. The van der Waals surface area contributed by atoms with Crippen LogP contribution in [0.1, 0.15) is 16.7 Å². The normalized spacial score (nSPS) is 11.0. The number of nitrogens with zero attached hydrogens (tertiary/aromatic N) is 1. The van der Waals surface area contributed by atoms with Crippen LogP contribution in [-0.4, -0.2) is 10.1 Å². The number of pyridine rings is 1. The zero-order valence-corrected chi connectivity index (χ0v) is 12.5. The minimum Gasteiger partial charge on any atom is -0.508 e. The third kappa shape index (κ3) is 2.40. The lowest BCUT2D eigenvalue weighted by Gasteiger charge is -2.09. The smallest absolute Gasteiger partial charge is 0.340 e. The maximum Gasteiger partial charge on any atom is 0.340 e.